The topological polar surface area (TPSA) is 60.3 Å². The lowest BCUT2D eigenvalue weighted by Crippen LogP contribution is -2.41. The van der Waals surface area contributed by atoms with Gasteiger partial charge in [0, 0.05) is 35.0 Å². The average molecular weight is 535 g/mol. The predicted octanol–water partition coefficient (Wildman–Crippen LogP) is 4.45. The third kappa shape index (κ3) is 5.18. The number of benzene rings is 2. The molecule has 2 aliphatic rings. The molecule has 2 fully saturated rings. The maximum atomic E-state index is 6.38. The van der Waals surface area contributed by atoms with E-state index in [4.69, 9.17) is 28.1 Å². The first-order chi connectivity index (χ1) is 18.3. The van der Waals surface area contributed by atoms with Crippen LogP contribution in [0.15, 0.2) is 36.4 Å². The summed E-state index contributed by atoms with van der Waals surface area (Å²) in [7, 11) is -0.850. The van der Waals surface area contributed by atoms with E-state index < -0.39 is 36.6 Å². The minimum atomic E-state index is -0.425. The van der Waals surface area contributed by atoms with E-state index in [1.54, 1.807) is 0 Å². The van der Waals surface area contributed by atoms with Crippen molar-refractivity contribution in [1.29, 1.82) is 0 Å². The molecule has 2 saturated heterocycles. The summed E-state index contributed by atoms with van der Waals surface area (Å²) in [6.07, 6.45) is 0. The molecule has 0 unspecified atom stereocenters. The van der Waals surface area contributed by atoms with Gasteiger partial charge >= 0.3 is 14.2 Å². The molecule has 3 heterocycles. The van der Waals surface area contributed by atoms with Crippen LogP contribution in [0.4, 0.5) is 0 Å². The third-order valence-electron chi connectivity index (χ3n) is 9.00. The van der Waals surface area contributed by atoms with Gasteiger partial charge in [-0.25, -0.2) is 0 Å². The largest absolute Gasteiger partial charge is 0.494 e. The van der Waals surface area contributed by atoms with Crippen molar-refractivity contribution in [1.82, 2.24) is 4.57 Å². The maximum absolute atomic E-state index is 6.38. The van der Waals surface area contributed by atoms with Crippen molar-refractivity contribution < 1.29 is 28.1 Å². The lowest BCUT2D eigenvalue weighted by molar-refractivity contribution is 0.00578. The second-order valence-electron chi connectivity index (χ2n) is 12.7. The average Bonchev–Trinajstić information content (AvgIpc) is 3.37. The van der Waals surface area contributed by atoms with Crippen LogP contribution < -0.4 is 10.9 Å². The van der Waals surface area contributed by atoms with Crippen molar-refractivity contribution in [2.24, 2.45) is 0 Å². The fraction of sp³-hybridized carbons (Fsp3) is 0.600. The van der Waals surface area contributed by atoms with Gasteiger partial charge in [0.2, 0.25) is 0 Å². The number of nitrogens with zero attached hydrogens (tertiary/aromatic N) is 1. The van der Waals surface area contributed by atoms with Gasteiger partial charge in [0.15, 0.2) is 0 Å². The number of ether oxygens (including phenoxy) is 2. The Morgan fingerprint density at radius 1 is 0.615 bits per heavy atom. The molecule has 2 aliphatic heterocycles. The van der Waals surface area contributed by atoms with Crippen molar-refractivity contribution in [2.45, 2.75) is 91.3 Å². The second kappa shape index (κ2) is 10.2. The van der Waals surface area contributed by atoms with Crippen LogP contribution in [0.1, 0.15) is 62.3 Å². The molecule has 0 N–H and O–H groups in total. The zero-order chi connectivity index (χ0) is 28.2. The summed E-state index contributed by atoms with van der Waals surface area (Å²) in [5.41, 5.74) is 2.71. The summed E-state index contributed by atoms with van der Waals surface area (Å²) < 4.78 is 39.1. The first-order valence-electron chi connectivity index (χ1n) is 14.2. The smallest absolute Gasteiger partial charge is 0.399 e. The van der Waals surface area contributed by atoms with Gasteiger partial charge in [-0.2, -0.15) is 0 Å². The van der Waals surface area contributed by atoms with E-state index in [9.17, 15) is 0 Å². The monoisotopic (exact) mass is 535 g/mol. The van der Waals surface area contributed by atoms with Crippen LogP contribution in [-0.4, -0.2) is 67.6 Å². The molecule has 210 valence electrons. The minimum Gasteiger partial charge on any atom is -0.399 e. The SMILES string of the molecule is CCOCCOCCn1c2ccc(B3OC(C)(C)C(C)(C)O3)cc2c2cc(B3OC(C)(C)C(C)(C)O3)ccc21. The standard InChI is InChI=1S/C30H43B2NO6/c1-10-34-17-18-35-16-15-33-25-13-11-21(31-36-27(2,3)28(4,5)37-31)19-23(25)24-20-22(12-14-26(24)33)32-38-29(6,7)30(8,9)39-32/h11-14,19-20H,10,15-18H2,1-9H3. The fourth-order valence-electron chi connectivity index (χ4n) is 5.15. The van der Waals surface area contributed by atoms with Gasteiger partial charge in [-0.3, -0.25) is 0 Å². The van der Waals surface area contributed by atoms with Gasteiger partial charge in [0.25, 0.3) is 0 Å². The number of fused-ring (bicyclic) bond motifs is 3. The molecule has 0 aliphatic carbocycles. The Labute approximate surface area is 233 Å². The molecule has 5 rings (SSSR count). The first-order valence-corrected chi connectivity index (χ1v) is 14.2. The molecule has 1 aromatic heterocycles. The van der Waals surface area contributed by atoms with Gasteiger partial charge in [0.05, 0.1) is 42.2 Å². The molecule has 2 aromatic carbocycles. The maximum Gasteiger partial charge on any atom is 0.494 e. The second-order valence-corrected chi connectivity index (χ2v) is 12.7. The highest BCUT2D eigenvalue weighted by atomic mass is 16.7. The molecule has 39 heavy (non-hydrogen) atoms. The van der Waals surface area contributed by atoms with Crippen LogP contribution in [-0.2, 0) is 34.6 Å². The zero-order valence-electron chi connectivity index (χ0n) is 25.1. The van der Waals surface area contributed by atoms with Crippen LogP contribution >= 0.6 is 0 Å². The highest BCUT2D eigenvalue weighted by Crippen LogP contribution is 2.38. The molecular weight excluding hydrogens is 492 g/mol. The molecule has 9 heteroatoms. The molecule has 0 bridgehead atoms. The molecule has 0 spiro atoms. The minimum absolute atomic E-state index is 0.399. The molecule has 0 saturated carbocycles. The lowest BCUT2D eigenvalue weighted by Gasteiger charge is -2.32. The van der Waals surface area contributed by atoms with Gasteiger partial charge in [-0.1, -0.05) is 24.3 Å². The zero-order valence-corrected chi connectivity index (χ0v) is 25.1. The Bertz CT molecular complexity index is 1220. The van der Waals surface area contributed by atoms with Crippen LogP contribution in [0.2, 0.25) is 0 Å². The van der Waals surface area contributed by atoms with E-state index in [0.29, 0.717) is 26.4 Å². The molecule has 3 aromatic rings. The molecule has 7 nitrogen and oxygen atoms in total. The summed E-state index contributed by atoms with van der Waals surface area (Å²) in [5, 5.41) is 2.29. The molecular formula is C30H43B2NO6. The lowest BCUT2D eigenvalue weighted by atomic mass is 9.77. The fourth-order valence-corrected chi connectivity index (χ4v) is 5.15. The van der Waals surface area contributed by atoms with E-state index in [1.807, 2.05) is 6.92 Å². The quantitative estimate of drug-likeness (QED) is 0.298. The van der Waals surface area contributed by atoms with Crippen LogP contribution in [0.3, 0.4) is 0 Å². The van der Waals surface area contributed by atoms with Gasteiger partial charge in [-0.15, -0.1) is 0 Å². The Balaban J connectivity index is 1.53. The summed E-state index contributed by atoms with van der Waals surface area (Å²) in [5.74, 6) is 0. The van der Waals surface area contributed by atoms with Crippen molar-refractivity contribution in [3.63, 3.8) is 0 Å². The van der Waals surface area contributed by atoms with Gasteiger partial charge in [-0.05, 0) is 85.4 Å². The number of aromatic nitrogens is 1. The van der Waals surface area contributed by atoms with E-state index >= 15 is 0 Å². The van der Waals surface area contributed by atoms with E-state index in [0.717, 1.165) is 39.3 Å². The van der Waals surface area contributed by atoms with Gasteiger partial charge < -0.3 is 32.7 Å². The van der Waals surface area contributed by atoms with E-state index in [2.05, 4.69) is 96.4 Å². The van der Waals surface area contributed by atoms with Crippen LogP contribution in [0, 0.1) is 0 Å². The van der Waals surface area contributed by atoms with Gasteiger partial charge in [0.1, 0.15) is 0 Å². The molecule has 0 radical (unpaired) electrons. The summed E-state index contributed by atoms with van der Waals surface area (Å²) >= 11 is 0. The highest BCUT2D eigenvalue weighted by Gasteiger charge is 2.52. The molecule has 0 atom stereocenters. The normalized spacial score (nSPS) is 21.5. The third-order valence-corrected chi connectivity index (χ3v) is 9.00. The Kier molecular flexibility index (Phi) is 7.49. The van der Waals surface area contributed by atoms with E-state index in [-0.39, 0.29) is 0 Å². The molecule has 0 amide bonds. The number of hydrogen-bond acceptors (Lipinski definition) is 6. The number of hydrogen-bond donors (Lipinski definition) is 0. The van der Waals surface area contributed by atoms with Crippen molar-refractivity contribution >= 4 is 47.0 Å². The van der Waals surface area contributed by atoms with Crippen LogP contribution in [0.25, 0.3) is 21.8 Å². The Morgan fingerprint density at radius 2 is 1.03 bits per heavy atom. The first kappa shape index (κ1) is 28.7. The Morgan fingerprint density at radius 3 is 1.44 bits per heavy atom. The van der Waals surface area contributed by atoms with Crippen LogP contribution in [0.5, 0.6) is 0 Å². The van der Waals surface area contributed by atoms with Crippen molar-refractivity contribution in [2.75, 3.05) is 26.4 Å². The van der Waals surface area contributed by atoms with Crippen molar-refractivity contribution in [3.8, 4) is 0 Å². The van der Waals surface area contributed by atoms with E-state index in [1.165, 1.54) is 0 Å². The summed E-state index contributed by atoms with van der Waals surface area (Å²) in [6.45, 7) is 21.9. The summed E-state index contributed by atoms with van der Waals surface area (Å²) in [6, 6.07) is 13.0. The number of rotatable bonds is 9. The predicted molar refractivity (Wildman–Crippen MR) is 158 cm³/mol. The van der Waals surface area contributed by atoms with Crippen molar-refractivity contribution in [3.05, 3.63) is 36.4 Å². The highest BCUT2D eigenvalue weighted by molar-refractivity contribution is 6.63. The summed E-state index contributed by atoms with van der Waals surface area (Å²) in [4.78, 5) is 0. The Hall–Kier alpha value is -1.87.